The molecular weight excluding hydrogens is 142 g/mol. The first kappa shape index (κ1) is 10.6. The summed E-state index contributed by atoms with van der Waals surface area (Å²) in [6, 6.07) is 0.321. The molecule has 0 amide bonds. The molecule has 0 spiro atoms. The van der Waals surface area contributed by atoms with Crippen LogP contribution in [0.4, 0.5) is 0 Å². The molecule has 0 saturated carbocycles. The lowest BCUT2D eigenvalue weighted by Gasteiger charge is -2.16. The molecule has 0 aromatic rings. The lowest BCUT2D eigenvalue weighted by molar-refractivity contribution is 0.0481. The fraction of sp³-hybridized carbons (Fsp3) is 0.750. The largest absolute Gasteiger partial charge is 0.389 e. The number of aliphatic hydroxyl groups is 2. The first-order chi connectivity index (χ1) is 5.07. The van der Waals surface area contributed by atoms with Crippen molar-refractivity contribution in [2.45, 2.75) is 32.1 Å². The zero-order valence-corrected chi connectivity index (χ0v) is 7.12. The molecule has 0 fully saturated rings. The van der Waals surface area contributed by atoms with Gasteiger partial charge in [0.15, 0.2) is 0 Å². The van der Waals surface area contributed by atoms with E-state index in [0.29, 0.717) is 12.6 Å². The minimum absolute atomic E-state index is 0.321. The molecule has 0 aliphatic rings. The molecule has 66 valence electrons. The maximum absolute atomic E-state index is 9.18. The molecule has 0 bridgehead atoms. The van der Waals surface area contributed by atoms with Crippen molar-refractivity contribution in [3.05, 3.63) is 12.7 Å². The molecule has 3 heteroatoms. The van der Waals surface area contributed by atoms with Crippen LogP contribution in [0.1, 0.15) is 13.8 Å². The third-order valence-electron chi connectivity index (χ3n) is 1.37. The van der Waals surface area contributed by atoms with Gasteiger partial charge in [-0.25, -0.2) is 0 Å². The van der Waals surface area contributed by atoms with E-state index in [1.54, 1.807) is 0 Å². The topological polar surface area (TPSA) is 52.5 Å². The van der Waals surface area contributed by atoms with E-state index in [2.05, 4.69) is 11.9 Å². The van der Waals surface area contributed by atoms with E-state index in [1.165, 1.54) is 6.08 Å². The van der Waals surface area contributed by atoms with Crippen LogP contribution in [-0.4, -0.2) is 35.0 Å². The second-order valence-electron chi connectivity index (χ2n) is 2.86. The minimum atomic E-state index is -0.832. The van der Waals surface area contributed by atoms with Crippen molar-refractivity contribution in [1.29, 1.82) is 0 Å². The van der Waals surface area contributed by atoms with Crippen LogP contribution in [-0.2, 0) is 0 Å². The van der Waals surface area contributed by atoms with E-state index in [0.717, 1.165) is 0 Å². The Balaban J connectivity index is 3.51. The Kier molecular flexibility index (Phi) is 5.11. The lowest BCUT2D eigenvalue weighted by Crippen LogP contribution is -2.38. The Bertz CT molecular complexity index is 115. The van der Waals surface area contributed by atoms with Crippen molar-refractivity contribution in [2.75, 3.05) is 6.54 Å². The summed E-state index contributed by atoms with van der Waals surface area (Å²) in [4.78, 5) is 0. The van der Waals surface area contributed by atoms with Crippen LogP contribution in [0.15, 0.2) is 12.7 Å². The van der Waals surface area contributed by atoms with Gasteiger partial charge in [-0.2, -0.15) is 0 Å². The van der Waals surface area contributed by atoms with Crippen LogP contribution in [0, 0.1) is 0 Å². The SMILES string of the molecule is C=C[C@H](O)[C@H](O)CNC(C)C. The number of hydrogen-bond donors (Lipinski definition) is 3. The highest BCUT2D eigenvalue weighted by Crippen LogP contribution is 1.92. The van der Waals surface area contributed by atoms with Crippen LogP contribution in [0.5, 0.6) is 0 Å². The van der Waals surface area contributed by atoms with Gasteiger partial charge >= 0.3 is 0 Å². The van der Waals surface area contributed by atoms with Gasteiger partial charge in [-0.3, -0.25) is 0 Å². The summed E-state index contributed by atoms with van der Waals surface area (Å²) in [7, 11) is 0. The van der Waals surface area contributed by atoms with Gasteiger partial charge in [0.05, 0.1) is 12.2 Å². The molecule has 0 radical (unpaired) electrons. The summed E-state index contributed by atoms with van der Waals surface area (Å²) in [6.45, 7) is 7.72. The fourth-order valence-corrected chi connectivity index (χ4v) is 0.634. The predicted molar refractivity (Wildman–Crippen MR) is 45.3 cm³/mol. The third kappa shape index (κ3) is 4.95. The first-order valence-electron chi connectivity index (χ1n) is 3.80. The molecule has 3 N–H and O–H groups in total. The molecule has 2 atom stereocenters. The van der Waals surface area contributed by atoms with Crippen molar-refractivity contribution >= 4 is 0 Å². The Hall–Kier alpha value is -0.380. The average Bonchev–Trinajstić information content (AvgIpc) is 1.98. The summed E-state index contributed by atoms with van der Waals surface area (Å²) >= 11 is 0. The second-order valence-corrected chi connectivity index (χ2v) is 2.86. The van der Waals surface area contributed by atoms with Gasteiger partial charge in [0.25, 0.3) is 0 Å². The van der Waals surface area contributed by atoms with E-state index in [9.17, 15) is 5.11 Å². The summed E-state index contributed by atoms with van der Waals surface area (Å²) < 4.78 is 0. The van der Waals surface area contributed by atoms with Gasteiger partial charge in [0.1, 0.15) is 0 Å². The number of hydrogen-bond acceptors (Lipinski definition) is 3. The van der Waals surface area contributed by atoms with Crippen LogP contribution < -0.4 is 5.32 Å². The smallest absolute Gasteiger partial charge is 0.0989 e. The minimum Gasteiger partial charge on any atom is -0.389 e. The third-order valence-corrected chi connectivity index (χ3v) is 1.37. The maximum atomic E-state index is 9.18. The normalized spacial score (nSPS) is 16.5. The second kappa shape index (κ2) is 5.29. The summed E-state index contributed by atoms with van der Waals surface area (Å²) in [5, 5.41) is 21.2. The van der Waals surface area contributed by atoms with E-state index in [-0.39, 0.29) is 0 Å². The van der Waals surface area contributed by atoms with Crippen molar-refractivity contribution in [3.8, 4) is 0 Å². The Morgan fingerprint density at radius 2 is 2.00 bits per heavy atom. The Morgan fingerprint density at radius 3 is 2.36 bits per heavy atom. The van der Waals surface area contributed by atoms with E-state index in [1.807, 2.05) is 13.8 Å². The zero-order valence-electron chi connectivity index (χ0n) is 7.12. The van der Waals surface area contributed by atoms with Crippen molar-refractivity contribution < 1.29 is 10.2 Å². The molecule has 0 rings (SSSR count). The van der Waals surface area contributed by atoms with Gasteiger partial charge in [-0.05, 0) is 0 Å². The number of aliphatic hydroxyl groups excluding tert-OH is 2. The standard InChI is InChI=1S/C8H17NO2/c1-4-7(10)8(11)5-9-6(2)3/h4,6-11H,1,5H2,2-3H3/t7-,8+/m0/s1. The zero-order chi connectivity index (χ0) is 8.85. The van der Waals surface area contributed by atoms with Gasteiger partial charge in [-0.15, -0.1) is 6.58 Å². The van der Waals surface area contributed by atoms with Crippen molar-refractivity contribution in [2.24, 2.45) is 0 Å². The fourth-order valence-electron chi connectivity index (χ4n) is 0.634. The highest BCUT2D eigenvalue weighted by molar-refractivity contribution is 4.85. The molecule has 0 aromatic carbocycles. The van der Waals surface area contributed by atoms with Crippen molar-refractivity contribution in [3.63, 3.8) is 0 Å². The molecule has 0 saturated heterocycles. The van der Waals surface area contributed by atoms with E-state index >= 15 is 0 Å². The Morgan fingerprint density at radius 1 is 1.45 bits per heavy atom. The van der Waals surface area contributed by atoms with Gasteiger partial charge in [0.2, 0.25) is 0 Å². The molecule has 11 heavy (non-hydrogen) atoms. The first-order valence-corrected chi connectivity index (χ1v) is 3.80. The van der Waals surface area contributed by atoms with Crippen LogP contribution in [0.25, 0.3) is 0 Å². The molecular formula is C8H17NO2. The molecule has 0 aliphatic heterocycles. The van der Waals surface area contributed by atoms with Gasteiger partial charge in [0, 0.05) is 12.6 Å². The van der Waals surface area contributed by atoms with Crippen molar-refractivity contribution in [1.82, 2.24) is 5.32 Å². The monoisotopic (exact) mass is 159 g/mol. The highest BCUT2D eigenvalue weighted by atomic mass is 16.3. The molecule has 3 nitrogen and oxygen atoms in total. The van der Waals surface area contributed by atoms with Crippen LogP contribution in [0.2, 0.25) is 0 Å². The summed E-state index contributed by atoms with van der Waals surface area (Å²) in [6.07, 6.45) is -0.261. The van der Waals surface area contributed by atoms with Crippen LogP contribution in [0.3, 0.4) is 0 Å². The molecule has 0 aromatic heterocycles. The van der Waals surface area contributed by atoms with E-state index < -0.39 is 12.2 Å². The molecule has 0 heterocycles. The summed E-state index contributed by atoms with van der Waals surface area (Å²) in [5.41, 5.74) is 0. The Labute approximate surface area is 67.7 Å². The average molecular weight is 159 g/mol. The maximum Gasteiger partial charge on any atom is 0.0989 e. The van der Waals surface area contributed by atoms with Gasteiger partial charge < -0.3 is 15.5 Å². The highest BCUT2D eigenvalue weighted by Gasteiger charge is 2.11. The van der Waals surface area contributed by atoms with E-state index in [4.69, 9.17) is 5.11 Å². The predicted octanol–water partition coefficient (Wildman–Crippen LogP) is -0.108. The van der Waals surface area contributed by atoms with Gasteiger partial charge in [-0.1, -0.05) is 19.9 Å². The molecule has 0 unspecified atom stereocenters. The molecule has 0 aliphatic carbocycles. The quantitative estimate of drug-likeness (QED) is 0.491. The number of nitrogens with one attached hydrogen (secondary N) is 1. The van der Waals surface area contributed by atoms with Crippen LogP contribution >= 0.6 is 0 Å². The lowest BCUT2D eigenvalue weighted by atomic mass is 10.2. The number of rotatable bonds is 5. The summed E-state index contributed by atoms with van der Waals surface area (Å²) in [5.74, 6) is 0.